The highest BCUT2D eigenvalue weighted by molar-refractivity contribution is 7.13. The van der Waals surface area contributed by atoms with Gasteiger partial charge in [-0.1, -0.05) is 6.92 Å². The molecular formula is C13H19N3O3S. The molecule has 0 bridgehead atoms. The molecule has 1 aromatic heterocycles. The Kier molecular flexibility index (Phi) is 4.94. The molecule has 1 aliphatic rings. The van der Waals surface area contributed by atoms with Crippen molar-refractivity contribution in [2.75, 3.05) is 20.2 Å². The molecular weight excluding hydrogens is 278 g/mol. The van der Waals surface area contributed by atoms with E-state index in [0.29, 0.717) is 18.0 Å². The Labute approximate surface area is 122 Å². The quantitative estimate of drug-likeness (QED) is 0.921. The number of amides is 2. The largest absolute Gasteiger partial charge is 0.453 e. The molecule has 6 nitrogen and oxygen atoms in total. The van der Waals surface area contributed by atoms with E-state index in [2.05, 4.69) is 15.0 Å². The molecule has 0 aliphatic carbocycles. The molecule has 2 amide bonds. The summed E-state index contributed by atoms with van der Waals surface area (Å²) in [6.45, 7) is 3.24. The first-order valence-corrected chi connectivity index (χ1v) is 7.54. The first-order valence-electron chi connectivity index (χ1n) is 6.72. The fourth-order valence-electron chi connectivity index (χ4n) is 2.17. The van der Waals surface area contributed by atoms with Crippen molar-refractivity contribution in [1.29, 1.82) is 0 Å². The Balaban J connectivity index is 1.83. The van der Waals surface area contributed by atoms with E-state index < -0.39 is 0 Å². The summed E-state index contributed by atoms with van der Waals surface area (Å²) < 4.78 is 4.68. The molecule has 2 rings (SSSR count). The van der Waals surface area contributed by atoms with Crippen LogP contribution in [-0.2, 0) is 11.2 Å². The highest BCUT2D eigenvalue weighted by Crippen LogP contribution is 2.16. The lowest BCUT2D eigenvalue weighted by molar-refractivity contribution is 0.0896. The summed E-state index contributed by atoms with van der Waals surface area (Å²) in [5.41, 5.74) is 0. The number of likely N-dealkylation sites (tertiary alicyclic amines) is 1. The number of thiazole rings is 1. The van der Waals surface area contributed by atoms with Crippen LogP contribution in [0.15, 0.2) is 6.20 Å². The number of hydrogen-bond donors (Lipinski definition) is 1. The molecule has 20 heavy (non-hydrogen) atoms. The summed E-state index contributed by atoms with van der Waals surface area (Å²) >= 11 is 1.43. The second kappa shape index (κ2) is 6.69. The lowest BCUT2D eigenvalue weighted by Gasteiger charge is -2.31. The molecule has 0 radical (unpaired) electrons. The maximum absolute atomic E-state index is 12.1. The highest BCUT2D eigenvalue weighted by Gasteiger charge is 2.24. The predicted octanol–water partition coefficient (Wildman–Crippen LogP) is 1.67. The second-order valence-electron chi connectivity index (χ2n) is 4.68. The summed E-state index contributed by atoms with van der Waals surface area (Å²) in [6.07, 6.45) is 3.67. The third-order valence-electron chi connectivity index (χ3n) is 3.34. The number of aryl methyl sites for hydroxylation is 1. The minimum Gasteiger partial charge on any atom is -0.453 e. The van der Waals surface area contributed by atoms with E-state index in [-0.39, 0.29) is 18.0 Å². The van der Waals surface area contributed by atoms with Gasteiger partial charge in [-0.2, -0.15) is 0 Å². The van der Waals surface area contributed by atoms with E-state index >= 15 is 0 Å². The molecule has 0 unspecified atom stereocenters. The minimum absolute atomic E-state index is 0.0706. The molecule has 0 saturated carbocycles. The van der Waals surface area contributed by atoms with Gasteiger partial charge in [0.25, 0.3) is 5.91 Å². The highest BCUT2D eigenvalue weighted by atomic mass is 32.1. The third kappa shape index (κ3) is 3.47. The number of ether oxygens (including phenoxy) is 1. The van der Waals surface area contributed by atoms with Crippen molar-refractivity contribution in [2.24, 2.45) is 0 Å². The molecule has 1 saturated heterocycles. The summed E-state index contributed by atoms with van der Waals surface area (Å²) in [4.78, 5) is 29.9. The molecule has 1 fully saturated rings. The van der Waals surface area contributed by atoms with Gasteiger partial charge in [0.05, 0.1) is 18.3 Å². The van der Waals surface area contributed by atoms with Crippen LogP contribution in [0.4, 0.5) is 4.79 Å². The van der Waals surface area contributed by atoms with Crippen LogP contribution in [0.25, 0.3) is 0 Å². The van der Waals surface area contributed by atoms with Crippen LogP contribution in [0.3, 0.4) is 0 Å². The lowest BCUT2D eigenvalue weighted by Crippen LogP contribution is -2.46. The van der Waals surface area contributed by atoms with Gasteiger partial charge in [-0.05, 0) is 19.3 Å². The number of rotatable bonds is 3. The number of carbonyl (C=O) groups excluding carboxylic acids is 2. The SMILES string of the molecule is CCc1ncc(C(=O)NC2CCN(C(=O)OC)CC2)s1. The Morgan fingerprint density at radius 3 is 2.75 bits per heavy atom. The average molecular weight is 297 g/mol. The zero-order valence-electron chi connectivity index (χ0n) is 11.7. The van der Waals surface area contributed by atoms with Gasteiger partial charge in [0.1, 0.15) is 4.88 Å². The zero-order valence-corrected chi connectivity index (χ0v) is 12.5. The van der Waals surface area contributed by atoms with Crippen LogP contribution in [0, 0.1) is 0 Å². The lowest BCUT2D eigenvalue weighted by atomic mass is 10.1. The third-order valence-corrected chi connectivity index (χ3v) is 4.48. The van der Waals surface area contributed by atoms with E-state index in [1.165, 1.54) is 18.4 Å². The Morgan fingerprint density at radius 1 is 1.50 bits per heavy atom. The van der Waals surface area contributed by atoms with Gasteiger partial charge in [-0.25, -0.2) is 9.78 Å². The standard InChI is InChI=1S/C13H19N3O3S/c1-3-11-14-8-10(20-11)12(17)15-9-4-6-16(7-5-9)13(18)19-2/h8-9H,3-7H2,1-2H3,(H,15,17). The summed E-state index contributed by atoms with van der Waals surface area (Å²) in [7, 11) is 1.38. The summed E-state index contributed by atoms with van der Waals surface area (Å²) in [5, 5.41) is 3.97. The van der Waals surface area contributed by atoms with Gasteiger partial charge in [0, 0.05) is 19.1 Å². The smallest absolute Gasteiger partial charge is 0.409 e. The van der Waals surface area contributed by atoms with Gasteiger partial charge in [-0.3, -0.25) is 4.79 Å². The van der Waals surface area contributed by atoms with E-state index in [1.807, 2.05) is 6.92 Å². The average Bonchev–Trinajstić information content (AvgIpc) is 2.96. The number of piperidine rings is 1. The van der Waals surface area contributed by atoms with Gasteiger partial charge in [0.2, 0.25) is 0 Å². The second-order valence-corrected chi connectivity index (χ2v) is 5.79. The van der Waals surface area contributed by atoms with Crippen molar-refractivity contribution < 1.29 is 14.3 Å². The molecule has 1 aromatic rings. The first-order chi connectivity index (χ1) is 9.63. The normalized spacial score (nSPS) is 16.0. The van der Waals surface area contributed by atoms with Gasteiger partial charge >= 0.3 is 6.09 Å². The molecule has 0 aromatic carbocycles. The summed E-state index contributed by atoms with van der Waals surface area (Å²) in [6, 6.07) is 0.107. The Bertz CT molecular complexity index is 481. The first kappa shape index (κ1) is 14.8. The number of methoxy groups -OCH3 is 1. The monoisotopic (exact) mass is 297 g/mol. The van der Waals surface area contributed by atoms with Gasteiger partial charge < -0.3 is 15.0 Å². The van der Waals surface area contributed by atoms with Crippen LogP contribution in [0.1, 0.15) is 34.4 Å². The van der Waals surface area contributed by atoms with E-state index in [0.717, 1.165) is 24.3 Å². The maximum Gasteiger partial charge on any atom is 0.409 e. The van der Waals surface area contributed by atoms with Crippen LogP contribution >= 0.6 is 11.3 Å². The minimum atomic E-state index is -0.301. The number of hydrogen-bond acceptors (Lipinski definition) is 5. The number of aromatic nitrogens is 1. The van der Waals surface area contributed by atoms with Crippen molar-refractivity contribution in [2.45, 2.75) is 32.2 Å². The molecule has 0 spiro atoms. The van der Waals surface area contributed by atoms with E-state index in [1.54, 1.807) is 11.1 Å². The molecule has 2 heterocycles. The fraction of sp³-hybridized carbons (Fsp3) is 0.615. The number of nitrogens with zero attached hydrogens (tertiary/aromatic N) is 2. The van der Waals surface area contributed by atoms with Crippen LogP contribution < -0.4 is 5.32 Å². The van der Waals surface area contributed by atoms with Crippen molar-refractivity contribution in [1.82, 2.24) is 15.2 Å². The zero-order chi connectivity index (χ0) is 14.5. The molecule has 0 atom stereocenters. The fourth-order valence-corrected chi connectivity index (χ4v) is 2.93. The number of nitrogens with one attached hydrogen (secondary N) is 1. The maximum atomic E-state index is 12.1. The van der Waals surface area contributed by atoms with Crippen molar-refractivity contribution in [3.05, 3.63) is 16.1 Å². The van der Waals surface area contributed by atoms with E-state index in [9.17, 15) is 9.59 Å². The Morgan fingerprint density at radius 2 is 2.20 bits per heavy atom. The predicted molar refractivity (Wildman–Crippen MR) is 76.0 cm³/mol. The molecule has 7 heteroatoms. The molecule has 1 aliphatic heterocycles. The molecule has 110 valence electrons. The van der Waals surface area contributed by atoms with Crippen LogP contribution in [-0.4, -0.2) is 48.1 Å². The van der Waals surface area contributed by atoms with Crippen molar-refractivity contribution >= 4 is 23.3 Å². The number of carbonyl (C=O) groups is 2. The van der Waals surface area contributed by atoms with E-state index in [4.69, 9.17) is 0 Å². The molecule has 1 N–H and O–H groups in total. The summed E-state index contributed by atoms with van der Waals surface area (Å²) in [5.74, 6) is -0.0706. The van der Waals surface area contributed by atoms with Crippen molar-refractivity contribution in [3.8, 4) is 0 Å². The van der Waals surface area contributed by atoms with Crippen LogP contribution in [0.5, 0.6) is 0 Å². The van der Waals surface area contributed by atoms with Gasteiger partial charge in [-0.15, -0.1) is 11.3 Å². The topological polar surface area (TPSA) is 71.5 Å². The Hall–Kier alpha value is -1.63. The van der Waals surface area contributed by atoms with Crippen LogP contribution in [0.2, 0.25) is 0 Å². The van der Waals surface area contributed by atoms with Gasteiger partial charge in [0.15, 0.2) is 0 Å². The van der Waals surface area contributed by atoms with Crippen molar-refractivity contribution in [3.63, 3.8) is 0 Å².